The van der Waals surface area contributed by atoms with Gasteiger partial charge in [0.25, 0.3) is 0 Å². The summed E-state index contributed by atoms with van der Waals surface area (Å²) in [6, 6.07) is 19.6. The molecule has 0 bridgehead atoms. The van der Waals surface area contributed by atoms with Crippen LogP contribution in [-0.4, -0.2) is 24.7 Å². The number of ether oxygens (including phenoxy) is 1. The maximum absolute atomic E-state index is 10.1. The third-order valence-electron chi connectivity index (χ3n) is 6.45. The molecule has 31 heavy (non-hydrogen) atoms. The number of benzene rings is 2. The van der Waals surface area contributed by atoms with E-state index in [1.54, 1.807) is 0 Å². The first-order valence-electron chi connectivity index (χ1n) is 11.3. The highest BCUT2D eigenvalue weighted by Crippen LogP contribution is 2.42. The van der Waals surface area contributed by atoms with Crippen molar-refractivity contribution >= 4 is 5.69 Å². The van der Waals surface area contributed by atoms with Crippen molar-refractivity contribution in [3.8, 4) is 34.3 Å². The van der Waals surface area contributed by atoms with Crippen LogP contribution in [0.3, 0.4) is 0 Å². The van der Waals surface area contributed by atoms with Crippen LogP contribution < -0.4 is 9.64 Å². The second-order valence-corrected chi connectivity index (χ2v) is 8.29. The number of anilines is 1. The van der Waals surface area contributed by atoms with E-state index in [-0.39, 0.29) is 0 Å². The molecule has 4 nitrogen and oxygen atoms in total. The van der Waals surface area contributed by atoms with E-state index in [1.807, 2.05) is 6.92 Å². The molecule has 0 amide bonds. The van der Waals surface area contributed by atoms with Gasteiger partial charge in [0.1, 0.15) is 11.6 Å². The molecule has 0 radical (unpaired) electrons. The van der Waals surface area contributed by atoms with Crippen LogP contribution in [0.1, 0.15) is 42.9 Å². The lowest BCUT2D eigenvalue weighted by atomic mass is 9.83. The lowest BCUT2D eigenvalue weighted by Crippen LogP contribution is -2.29. The number of hydrogen-bond donors (Lipinski definition) is 0. The van der Waals surface area contributed by atoms with Crippen molar-refractivity contribution in [1.82, 2.24) is 4.98 Å². The second kappa shape index (κ2) is 8.43. The molecule has 0 saturated carbocycles. The molecular formula is C27H27N3O. The monoisotopic (exact) mass is 409 g/mol. The fraction of sp³-hybridized carbons (Fsp3) is 0.333. The largest absolute Gasteiger partial charge is 0.477 e. The van der Waals surface area contributed by atoms with Gasteiger partial charge in [-0.1, -0.05) is 36.4 Å². The van der Waals surface area contributed by atoms with Gasteiger partial charge in [-0.05, 0) is 67.9 Å². The van der Waals surface area contributed by atoms with Crippen LogP contribution in [0.5, 0.6) is 5.88 Å². The number of piperidine rings is 1. The Balaban J connectivity index is 1.66. The van der Waals surface area contributed by atoms with Crippen LogP contribution in [0.4, 0.5) is 5.69 Å². The average Bonchev–Trinajstić information content (AvgIpc) is 2.84. The number of fused-ring (bicyclic) bond motifs is 3. The van der Waals surface area contributed by atoms with Crippen molar-refractivity contribution in [3.05, 3.63) is 65.2 Å². The van der Waals surface area contributed by atoms with Crippen molar-refractivity contribution in [1.29, 1.82) is 5.26 Å². The van der Waals surface area contributed by atoms with Gasteiger partial charge in [0.15, 0.2) is 0 Å². The molecule has 1 aliphatic heterocycles. The van der Waals surface area contributed by atoms with Crippen molar-refractivity contribution in [2.24, 2.45) is 0 Å². The number of aryl methyl sites for hydroxylation is 1. The van der Waals surface area contributed by atoms with Gasteiger partial charge in [-0.3, -0.25) is 0 Å². The fourth-order valence-corrected chi connectivity index (χ4v) is 4.95. The van der Waals surface area contributed by atoms with Gasteiger partial charge >= 0.3 is 0 Å². The summed E-state index contributed by atoms with van der Waals surface area (Å²) in [7, 11) is 0. The summed E-state index contributed by atoms with van der Waals surface area (Å²) < 4.78 is 5.85. The molecular weight excluding hydrogens is 382 g/mol. The van der Waals surface area contributed by atoms with Gasteiger partial charge in [0.05, 0.1) is 12.3 Å². The van der Waals surface area contributed by atoms with Crippen LogP contribution in [0.25, 0.3) is 22.4 Å². The molecule has 2 aromatic carbocycles. The first-order chi connectivity index (χ1) is 15.3. The van der Waals surface area contributed by atoms with E-state index in [0.29, 0.717) is 18.1 Å². The summed E-state index contributed by atoms with van der Waals surface area (Å²) in [6.07, 6.45) is 5.68. The van der Waals surface area contributed by atoms with Crippen molar-refractivity contribution in [3.63, 3.8) is 0 Å². The van der Waals surface area contributed by atoms with Gasteiger partial charge in [0, 0.05) is 29.9 Å². The second-order valence-electron chi connectivity index (χ2n) is 8.29. The minimum absolute atomic E-state index is 0.440. The predicted molar refractivity (Wildman–Crippen MR) is 124 cm³/mol. The Labute approximate surface area is 184 Å². The van der Waals surface area contributed by atoms with Crippen LogP contribution in [0.2, 0.25) is 0 Å². The van der Waals surface area contributed by atoms with Crippen LogP contribution >= 0.6 is 0 Å². The molecule has 0 spiro atoms. The Hall–Kier alpha value is -3.32. The summed E-state index contributed by atoms with van der Waals surface area (Å²) in [6.45, 7) is 4.66. The lowest BCUT2D eigenvalue weighted by Gasteiger charge is -2.29. The molecule has 1 saturated heterocycles. The standard InChI is InChI=1S/C27H27N3O/c1-2-31-27-24(18-28)25(20-10-13-21(14-11-20)30-16-6-3-7-17-30)23-15-12-19-8-4-5-9-22(19)26(23)29-27/h4-5,8-11,13-14H,2-3,6-7,12,15-17H2,1H3. The molecule has 2 aliphatic rings. The van der Waals surface area contributed by atoms with E-state index in [2.05, 4.69) is 59.5 Å². The zero-order valence-electron chi connectivity index (χ0n) is 18.0. The minimum Gasteiger partial charge on any atom is -0.477 e. The molecule has 0 N–H and O–H groups in total. The molecule has 4 heteroatoms. The van der Waals surface area contributed by atoms with Crippen LogP contribution in [0, 0.1) is 11.3 Å². The maximum Gasteiger partial charge on any atom is 0.232 e. The molecule has 156 valence electrons. The topological polar surface area (TPSA) is 49.1 Å². The van der Waals surface area contributed by atoms with E-state index in [9.17, 15) is 5.26 Å². The molecule has 1 fully saturated rings. The van der Waals surface area contributed by atoms with Crippen molar-refractivity contribution < 1.29 is 4.74 Å². The Kier molecular flexibility index (Phi) is 5.34. The Morgan fingerprint density at radius 1 is 1.00 bits per heavy atom. The Morgan fingerprint density at radius 3 is 2.52 bits per heavy atom. The zero-order chi connectivity index (χ0) is 21.2. The number of nitrogens with zero attached hydrogens (tertiary/aromatic N) is 3. The van der Waals surface area contributed by atoms with E-state index in [4.69, 9.17) is 9.72 Å². The number of rotatable bonds is 4. The van der Waals surface area contributed by atoms with E-state index in [0.717, 1.165) is 53.9 Å². The Morgan fingerprint density at radius 2 is 1.77 bits per heavy atom. The van der Waals surface area contributed by atoms with Gasteiger partial charge < -0.3 is 9.64 Å². The third kappa shape index (κ3) is 3.55. The smallest absolute Gasteiger partial charge is 0.232 e. The van der Waals surface area contributed by atoms with Crippen LogP contribution in [-0.2, 0) is 12.8 Å². The molecule has 0 unspecified atom stereocenters. The summed E-state index contributed by atoms with van der Waals surface area (Å²) >= 11 is 0. The Bertz CT molecular complexity index is 1140. The SMILES string of the molecule is CCOc1nc2c(c(-c3ccc(N4CCCCC4)cc3)c1C#N)CCc1ccccc1-2. The molecule has 1 aromatic heterocycles. The van der Waals surface area contributed by atoms with E-state index < -0.39 is 0 Å². The normalized spacial score (nSPS) is 15.0. The highest BCUT2D eigenvalue weighted by molar-refractivity contribution is 5.85. The quantitative estimate of drug-likeness (QED) is 0.548. The fourth-order valence-electron chi connectivity index (χ4n) is 4.95. The molecule has 1 aliphatic carbocycles. The summed E-state index contributed by atoms with van der Waals surface area (Å²) in [5.74, 6) is 0.440. The van der Waals surface area contributed by atoms with Gasteiger partial charge in [-0.25, -0.2) is 4.98 Å². The van der Waals surface area contributed by atoms with E-state index >= 15 is 0 Å². The summed E-state index contributed by atoms with van der Waals surface area (Å²) in [5, 5.41) is 10.1. The molecule has 2 heterocycles. The first kappa shape index (κ1) is 19.6. The minimum atomic E-state index is 0.440. The number of nitriles is 1. The highest BCUT2D eigenvalue weighted by atomic mass is 16.5. The third-order valence-corrected chi connectivity index (χ3v) is 6.45. The number of hydrogen-bond acceptors (Lipinski definition) is 4. The summed E-state index contributed by atoms with van der Waals surface area (Å²) in [5.41, 5.74) is 8.43. The zero-order valence-corrected chi connectivity index (χ0v) is 18.0. The van der Waals surface area contributed by atoms with Gasteiger partial charge in [-0.2, -0.15) is 5.26 Å². The first-order valence-corrected chi connectivity index (χ1v) is 11.3. The molecule has 5 rings (SSSR count). The lowest BCUT2D eigenvalue weighted by molar-refractivity contribution is 0.326. The van der Waals surface area contributed by atoms with Crippen molar-refractivity contribution in [2.45, 2.75) is 39.0 Å². The van der Waals surface area contributed by atoms with Crippen LogP contribution in [0.15, 0.2) is 48.5 Å². The van der Waals surface area contributed by atoms with E-state index in [1.165, 1.54) is 30.5 Å². The van der Waals surface area contributed by atoms with Gasteiger partial charge in [0.2, 0.25) is 5.88 Å². The molecule has 3 aromatic rings. The summed E-state index contributed by atoms with van der Waals surface area (Å²) in [4.78, 5) is 7.30. The average molecular weight is 410 g/mol. The molecule has 0 atom stereocenters. The number of aromatic nitrogens is 1. The number of pyridine rings is 1. The highest BCUT2D eigenvalue weighted by Gasteiger charge is 2.26. The maximum atomic E-state index is 10.1. The van der Waals surface area contributed by atoms with Gasteiger partial charge in [-0.15, -0.1) is 0 Å². The predicted octanol–water partition coefficient (Wildman–Crippen LogP) is 5.77. The van der Waals surface area contributed by atoms with Crippen molar-refractivity contribution in [2.75, 3.05) is 24.6 Å².